The largest absolute Gasteiger partial charge is 0.444 e. The van der Waals surface area contributed by atoms with E-state index < -0.39 is 11.5 Å². The lowest BCUT2D eigenvalue weighted by molar-refractivity contribution is 0.0210. The van der Waals surface area contributed by atoms with Gasteiger partial charge < -0.3 is 26.0 Å². The molecule has 0 saturated carbocycles. The van der Waals surface area contributed by atoms with Crippen LogP contribution in [0.5, 0.6) is 0 Å². The third-order valence-electron chi connectivity index (χ3n) is 4.71. The van der Waals surface area contributed by atoms with Crippen molar-refractivity contribution in [1.82, 2.24) is 19.9 Å². The number of nitrogens with zero attached hydrogens (tertiary/aromatic N) is 4. The fourth-order valence-electron chi connectivity index (χ4n) is 3.18. The molecule has 0 spiro atoms. The van der Waals surface area contributed by atoms with Crippen molar-refractivity contribution in [2.24, 2.45) is 5.73 Å². The van der Waals surface area contributed by atoms with Gasteiger partial charge in [0.15, 0.2) is 0 Å². The average molecular weight is 428 g/mol. The number of nitrogens with one attached hydrogen (secondary N) is 2. The summed E-state index contributed by atoms with van der Waals surface area (Å²) in [7, 11) is 0. The second kappa shape index (κ2) is 9.15. The van der Waals surface area contributed by atoms with Gasteiger partial charge in [-0.15, -0.1) is 0 Å². The number of anilines is 3. The van der Waals surface area contributed by atoms with E-state index in [0.717, 1.165) is 5.69 Å². The van der Waals surface area contributed by atoms with Gasteiger partial charge in [-0.05, 0) is 40.5 Å². The molecule has 166 valence electrons. The molecule has 0 radical (unpaired) electrons. The van der Waals surface area contributed by atoms with Crippen LogP contribution in [0.1, 0.15) is 49.7 Å². The van der Waals surface area contributed by atoms with Crippen molar-refractivity contribution in [2.45, 2.75) is 52.2 Å². The van der Waals surface area contributed by atoms with Crippen molar-refractivity contribution in [3.63, 3.8) is 0 Å². The Kier molecular flexibility index (Phi) is 6.57. The number of hydrogen-bond acceptors (Lipinski definition) is 8. The molecule has 3 rings (SSSR count). The summed E-state index contributed by atoms with van der Waals surface area (Å²) in [6.45, 7) is 8.53. The lowest BCUT2D eigenvalue weighted by atomic mass is 10.0. The second-order valence-electron chi connectivity index (χ2n) is 8.53. The predicted octanol–water partition coefficient (Wildman–Crippen LogP) is 2.83. The molecule has 0 atom stereocenters. The zero-order chi connectivity index (χ0) is 22.6. The number of nitrogens with two attached hydrogens (primary N) is 1. The maximum atomic E-state index is 12.3. The zero-order valence-electron chi connectivity index (χ0n) is 18.3. The van der Waals surface area contributed by atoms with Crippen LogP contribution in [-0.4, -0.2) is 56.6 Å². The Morgan fingerprint density at radius 3 is 2.35 bits per heavy atom. The molecule has 4 N–H and O–H groups in total. The maximum Gasteiger partial charge on any atom is 0.410 e. The molecule has 0 bridgehead atoms. The van der Waals surface area contributed by atoms with E-state index in [0.29, 0.717) is 48.8 Å². The first-order valence-electron chi connectivity index (χ1n) is 10.2. The number of likely N-dealkylation sites (tertiary alicyclic amines) is 1. The van der Waals surface area contributed by atoms with E-state index in [-0.39, 0.29) is 12.1 Å². The number of piperidine rings is 1. The minimum Gasteiger partial charge on any atom is -0.444 e. The fraction of sp³-hybridized carbons (Fsp3) is 0.476. The van der Waals surface area contributed by atoms with Crippen LogP contribution >= 0.6 is 0 Å². The van der Waals surface area contributed by atoms with E-state index in [1.165, 1.54) is 6.20 Å². The highest BCUT2D eigenvalue weighted by atomic mass is 16.6. The van der Waals surface area contributed by atoms with E-state index in [9.17, 15) is 9.59 Å². The van der Waals surface area contributed by atoms with Crippen molar-refractivity contribution in [2.75, 3.05) is 23.7 Å². The molecule has 2 aromatic rings. The van der Waals surface area contributed by atoms with Gasteiger partial charge in [0.25, 0.3) is 5.91 Å². The van der Waals surface area contributed by atoms with Gasteiger partial charge in [0, 0.05) is 31.4 Å². The third kappa shape index (κ3) is 6.27. The van der Waals surface area contributed by atoms with Crippen molar-refractivity contribution < 1.29 is 14.3 Å². The molecule has 31 heavy (non-hydrogen) atoms. The molecule has 3 heterocycles. The summed E-state index contributed by atoms with van der Waals surface area (Å²) < 4.78 is 5.44. The molecule has 1 fully saturated rings. The number of hydrogen-bond donors (Lipinski definition) is 3. The number of amides is 2. The molecule has 0 unspecified atom stereocenters. The molecule has 2 aromatic heterocycles. The SMILES string of the molecule is Cc1cnc(Nc2cc(NC3CCN(C(=O)OC(C)(C)C)CC3)c(C(N)=O)cn2)cn1. The van der Waals surface area contributed by atoms with Gasteiger partial charge in [-0.3, -0.25) is 9.78 Å². The highest BCUT2D eigenvalue weighted by molar-refractivity contribution is 5.98. The van der Waals surface area contributed by atoms with Crippen molar-refractivity contribution in [1.29, 1.82) is 0 Å². The molecular weight excluding hydrogens is 398 g/mol. The quantitative estimate of drug-likeness (QED) is 0.663. The van der Waals surface area contributed by atoms with Crippen LogP contribution in [-0.2, 0) is 4.74 Å². The lowest BCUT2D eigenvalue weighted by Gasteiger charge is -2.34. The summed E-state index contributed by atoms with van der Waals surface area (Å²) in [5, 5.41) is 6.45. The van der Waals surface area contributed by atoms with E-state index in [4.69, 9.17) is 10.5 Å². The van der Waals surface area contributed by atoms with Gasteiger partial charge in [-0.2, -0.15) is 0 Å². The van der Waals surface area contributed by atoms with Crippen molar-refractivity contribution in [3.05, 3.63) is 35.9 Å². The number of primary amides is 1. The predicted molar refractivity (Wildman–Crippen MR) is 117 cm³/mol. The molecule has 0 aromatic carbocycles. The molecule has 1 saturated heterocycles. The van der Waals surface area contributed by atoms with Gasteiger partial charge in [-0.25, -0.2) is 14.8 Å². The number of aromatic nitrogens is 3. The Morgan fingerprint density at radius 1 is 1.10 bits per heavy atom. The standard InChI is InChI=1S/C21H29N7O3/c1-13-10-24-18(12-23-13)27-17-9-16(15(11-25-17)19(22)29)26-14-5-7-28(8-6-14)20(30)31-21(2,3)4/h9-12,14H,5-8H2,1-4H3,(H2,22,29)(H2,24,25,26,27). The topological polar surface area (TPSA) is 135 Å². The van der Waals surface area contributed by atoms with Gasteiger partial charge in [0.2, 0.25) is 0 Å². The monoisotopic (exact) mass is 427 g/mol. The minimum atomic E-state index is -0.567. The number of pyridine rings is 1. The molecule has 1 aliphatic rings. The summed E-state index contributed by atoms with van der Waals surface area (Å²) in [5.41, 5.74) is 6.70. The van der Waals surface area contributed by atoms with E-state index in [2.05, 4.69) is 25.6 Å². The second-order valence-corrected chi connectivity index (χ2v) is 8.53. The number of aryl methyl sites for hydroxylation is 1. The Balaban J connectivity index is 1.67. The number of rotatable bonds is 5. The smallest absolute Gasteiger partial charge is 0.410 e. The Bertz CT molecular complexity index is 933. The highest BCUT2D eigenvalue weighted by Crippen LogP contribution is 2.24. The van der Waals surface area contributed by atoms with Crippen LogP contribution in [0.25, 0.3) is 0 Å². The van der Waals surface area contributed by atoms with Crippen LogP contribution in [0.4, 0.5) is 22.1 Å². The minimum absolute atomic E-state index is 0.0752. The fourth-order valence-corrected chi connectivity index (χ4v) is 3.18. The summed E-state index contributed by atoms with van der Waals surface area (Å²) in [6.07, 6.45) is 5.82. The third-order valence-corrected chi connectivity index (χ3v) is 4.71. The number of carbonyl (C=O) groups excluding carboxylic acids is 2. The Labute approximate surface area is 181 Å². The van der Waals surface area contributed by atoms with E-state index >= 15 is 0 Å². The summed E-state index contributed by atoms with van der Waals surface area (Å²) in [5.74, 6) is 0.487. The molecule has 10 nitrogen and oxygen atoms in total. The Hall–Kier alpha value is -3.43. The normalized spacial score (nSPS) is 14.8. The van der Waals surface area contributed by atoms with Crippen molar-refractivity contribution in [3.8, 4) is 0 Å². The number of ether oxygens (including phenoxy) is 1. The van der Waals surface area contributed by atoms with Gasteiger partial charge in [0.05, 0.1) is 29.3 Å². The molecule has 1 aliphatic heterocycles. The molecular formula is C21H29N7O3. The average Bonchev–Trinajstić information content (AvgIpc) is 2.69. The summed E-state index contributed by atoms with van der Waals surface area (Å²) in [6, 6.07) is 1.80. The van der Waals surface area contributed by atoms with Gasteiger partial charge in [0.1, 0.15) is 17.2 Å². The molecule has 2 amide bonds. The van der Waals surface area contributed by atoms with E-state index in [1.54, 1.807) is 23.4 Å². The molecule has 10 heteroatoms. The number of carbonyl (C=O) groups is 2. The summed E-state index contributed by atoms with van der Waals surface area (Å²) >= 11 is 0. The highest BCUT2D eigenvalue weighted by Gasteiger charge is 2.27. The first-order chi connectivity index (χ1) is 14.6. The Morgan fingerprint density at radius 2 is 1.77 bits per heavy atom. The first kappa shape index (κ1) is 22.3. The van der Waals surface area contributed by atoms with Crippen LogP contribution in [0, 0.1) is 6.92 Å². The zero-order valence-corrected chi connectivity index (χ0v) is 18.3. The summed E-state index contributed by atoms with van der Waals surface area (Å²) in [4.78, 5) is 38.5. The first-order valence-corrected chi connectivity index (χ1v) is 10.2. The molecule has 0 aliphatic carbocycles. The van der Waals surface area contributed by atoms with Gasteiger partial charge in [-0.1, -0.05) is 0 Å². The van der Waals surface area contributed by atoms with Crippen LogP contribution in [0.15, 0.2) is 24.7 Å². The van der Waals surface area contributed by atoms with E-state index in [1.807, 2.05) is 27.7 Å². The lowest BCUT2D eigenvalue weighted by Crippen LogP contribution is -2.44. The van der Waals surface area contributed by atoms with Crippen LogP contribution < -0.4 is 16.4 Å². The van der Waals surface area contributed by atoms with Crippen LogP contribution in [0.3, 0.4) is 0 Å². The van der Waals surface area contributed by atoms with Crippen LogP contribution in [0.2, 0.25) is 0 Å². The van der Waals surface area contributed by atoms with Crippen molar-refractivity contribution >= 4 is 29.3 Å². The maximum absolute atomic E-state index is 12.3. The van der Waals surface area contributed by atoms with Gasteiger partial charge >= 0.3 is 6.09 Å².